The van der Waals surface area contributed by atoms with Crippen LogP contribution in [0, 0.1) is 9.39 Å². The van der Waals surface area contributed by atoms with Crippen molar-refractivity contribution in [3.63, 3.8) is 0 Å². The smallest absolute Gasteiger partial charge is 0.211 e. The highest BCUT2D eigenvalue weighted by Gasteiger charge is 2.27. The molecule has 1 aromatic carbocycles. The Morgan fingerprint density at radius 2 is 1.90 bits per heavy atom. The number of rotatable bonds is 3. The zero-order valence-corrected chi connectivity index (χ0v) is 14.5. The first-order valence-electron chi connectivity index (χ1n) is 6.41. The molecule has 20 heavy (non-hydrogen) atoms. The summed E-state index contributed by atoms with van der Waals surface area (Å²) in [6, 6.07) is 5.19. The lowest BCUT2D eigenvalue weighted by Crippen LogP contribution is -2.45. The second-order valence-electron chi connectivity index (χ2n) is 5.13. The Labute approximate surface area is 133 Å². The molecule has 2 rings (SSSR count). The van der Waals surface area contributed by atoms with Gasteiger partial charge in [0.2, 0.25) is 10.0 Å². The zero-order chi connectivity index (χ0) is 14.9. The summed E-state index contributed by atoms with van der Waals surface area (Å²) in [5.74, 6) is -0.243. The maximum Gasteiger partial charge on any atom is 0.211 e. The van der Waals surface area contributed by atoms with Crippen LogP contribution in [0.3, 0.4) is 0 Å². The molecule has 4 nitrogen and oxygen atoms in total. The molecule has 0 spiro atoms. The van der Waals surface area contributed by atoms with Crippen molar-refractivity contribution in [3.8, 4) is 0 Å². The Bertz CT molecular complexity index is 566. The van der Waals surface area contributed by atoms with Gasteiger partial charge in [-0.15, -0.1) is 0 Å². The molecule has 0 radical (unpaired) electrons. The van der Waals surface area contributed by atoms with Crippen LogP contribution in [-0.2, 0) is 10.0 Å². The van der Waals surface area contributed by atoms with E-state index in [1.165, 1.54) is 22.7 Å². The van der Waals surface area contributed by atoms with Crippen molar-refractivity contribution in [2.24, 2.45) is 0 Å². The molecule has 1 fully saturated rings. The summed E-state index contributed by atoms with van der Waals surface area (Å²) in [6.07, 6.45) is 2.76. The Hall–Kier alpha value is -0.410. The SMILES string of the molecule is CN(c1cc(F)cc(I)c1)C1CCN(S(C)(=O)=O)CC1. The van der Waals surface area contributed by atoms with Gasteiger partial charge < -0.3 is 4.90 Å². The van der Waals surface area contributed by atoms with Gasteiger partial charge in [0, 0.05) is 35.4 Å². The molecule has 0 aromatic heterocycles. The predicted molar refractivity (Wildman–Crippen MR) is 87.0 cm³/mol. The minimum absolute atomic E-state index is 0.241. The van der Waals surface area contributed by atoms with Crippen molar-refractivity contribution in [3.05, 3.63) is 27.6 Å². The summed E-state index contributed by atoms with van der Waals surface area (Å²) >= 11 is 2.09. The summed E-state index contributed by atoms with van der Waals surface area (Å²) in [6.45, 7) is 1.06. The third-order valence-corrected chi connectivity index (χ3v) is 5.62. The van der Waals surface area contributed by atoms with Gasteiger partial charge in [0.25, 0.3) is 0 Å². The quantitative estimate of drug-likeness (QED) is 0.716. The number of benzene rings is 1. The van der Waals surface area contributed by atoms with E-state index in [-0.39, 0.29) is 11.9 Å². The van der Waals surface area contributed by atoms with E-state index in [0.717, 1.165) is 22.1 Å². The number of halogens is 2. The van der Waals surface area contributed by atoms with Gasteiger partial charge in [-0.3, -0.25) is 0 Å². The average molecular weight is 412 g/mol. The van der Waals surface area contributed by atoms with Gasteiger partial charge in [0.05, 0.1) is 6.26 Å². The van der Waals surface area contributed by atoms with Crippen molar-refractivity contribution in [2.45, 2.75) is 18.9 Å². The minimum atomic E-state index is -3.10. The second-order valence-corrected chi connectivity index (χ2v) is 8.36. The van der Waals surface area contributed by atoms with Gasteiger partial charge in [-0.05, 0) is 53.6 Å². The second kappa shape index (κ2) is 6.15. The molecule has 0 amide bonds. The molecule has 0 bridgehead atoms. The van der Waals surface area contributed by atoms with Crippen molar-refractivity contribution < 1.29 is 12.8 Å². The van der Waals surface area contributed by atoms with Crippen LogP contribution in [0.25, 0.3) is 0 Å². The lowest BCUT2D eigenvalue weighted by molar-refractivity contribution is 0.316. The van der Waals surface area contributed by atoms with Crippen LogP contribution < -0.4 is 4.90 Å². The van der Waals surface area contributed by atoms with Gasteiger partial charge in [0.15, 0.2) is 0 Å². The summed E-state index contributed by atoms with van der Waals surface area (Å²) in [7, 11) is -1.16. The van der Waals surface area contributed by atoms with E-state index < -0.39 is 10.0 Å². The summed E-state index contributed by atoms with van der Waals surface area (Å²) in [4.78, 5) is 2.05. The Morgan fingerprint density at radius 3 is 2.40 bits per heavy atom. The van der Waals surface area contributed by atoms with Crippen LogP contribution in [0.5, 0.6) is 0 Å². The fraction of sp³-hybridized carbons (Fsp3) is 0.538. The molecule has 1 aliphatic heterocycles. The van der Waals surface area contributed by atoms with Crippen LogP contribution >= 0.6 is 22.6 Å². The molecule has 0 unspecified atom stereocenters. The number of anilines is 1. The van der Waals surface area contributed by atoms with Gasteiger partial charge in [0.1, 0.15) is 5.82 Å². The topological polar surface area (TPSA) is 40.6 Å². The Morgan fingerprint density at radius 1 is 1.30 bits per heavy atom. The fourth-order valence-corrected chi connectivity index (χ4v) is 4.01. The first kappa shape index (κ1) is 16.0. The molecule has 1 saturated heterocycles. The summed E-state index contributed by atoms with van der Waals surface area (Å²) in [5.41, 5.74) is 0.840. The first-order valence-corrected chi connectivity index (χ1v) is 9.34. The molecule has 112 valence electrons. The van der Waals surface area contributed by atoms with Gasteiger partial charge in [-0.2, -0.15) is 0 Å². The maximum atomic E-state index is 13.5. The summed E-state index contributed by atoms with van der Waals surface area (Å²) < 4.78 is 38.8. The highest BCUT2D eigenvalue weighted by atomic mass is 127. The molecule has 0 atom stereocenters. The van der Waals surface area contributed by atoms with Gasteiger partial charge >= 0.3 is 0 Å². The molecule has 0 N–H and O–H groups in total. The maximum absolute atomic E-state index is 13.5. The van der Waals surface area contributed by atoms with Crippen LogP contribution in [0.1, 0.15) is 12.8 Å². The van der Waals surface area contributed by atoms with Crippen LogP contribution in [0.4, 0.5) is 10.1 Å². The number of sulfonamides is 1. The molecular formula is C13H18FIN2O2S. The number of hydrogen-bond donors (Lipinski definition) is 0. The molecule has 7 heteroatoms. The van der Waals surface area contributed by atoms with E-state index in [1.54, 1.807) is 0 Å². The van der Waals surface area contributed by atoms with Crippen molar-refractivity contribution in [1.82, 2.24) is 4.31 Å². The van der Waals surface area contributed by atoms with E-state index in [9.17, 15) is 12.8 Å². The minimum Gasteiger partial charge on any atom is -0.371 e. The molecule has 1 heterocycles. The Kier molecular flexibility index (Phi) is 4.91. The van der Waals surface area contributed by atoms with Crippen molar-refractivity contribution in [2.75, 3.05) is 31.3 Å². The Balaban J connectivity index is 2.06. The molecular weight excluding hydrogens is 394 g/mol. The molecule has 1 aromatic rings. The molecule has 0 aliphatic carbocycles. The zero-order valence-electron chi connectivity index (χ0n) is 11.5. The van der Waals surface area contributed by atoms with Crippen molar-refractivity contribution in [1.29, 1.82) is 0 Å². The lowest BCUT2D eigenvalue weighted by atomic mass is 10.0. The van der Waals surface area contributed by atoms with E-state index >= 15 is 0 Å². The third kappa shape index (κ3) is 3.82. The average Bonchev–Trinajstić information content (AvgIpc) is 2.36. The van der Waals surface area contributed by atoms with Crippen molar-refractivity contribution >= 4 is 38.3 Å². The van der Waals surface area contributed by atoms with Gasteiger partial charge in [-0.1, -0.05) is 0 Å². The van der Waals surface area contributed by atoms with E-state index in [2.05, 4.69) is 22.6 Å². The fourth-order valence-electron chi connectivity index (χ4n) is 2.51. The van der Waals surface area contributed by atoms with Crippen LogP contribution in [-0.4, -0.2) is 45.2 Å². The molecule has 1 aliphatic rings. The lowest BCUT2D eigenvalue weighted by Gasteiger charge is -2.36. The summed E-state index contributed by atoms with van der Waals surface area (Å²) in [5, 5.41) is 0. The first-order chi connectivity index (χ1) is 9.27. The highest BCUT2D eigenvalue weighted by molar-refractivity contribution is 14.1. The van der Waals surface area contributed by atoms with E-state index in [0.29, 0.717) is 13.1 Å². The van der Waals surface area contributed by atoms with Crippen LogP contribution in [0.15, 0.2) is 18.2 Å². The normalized spacial score (nSPS) is 18.2. The number of hydrogen-bond acceptors (Lipinski definition) is 3. The van der Waals surface area contributed by atoms with Gasteiger partial charge in [-0.25, -0.2) is 17.1 Å². The monoisotopic (exact) mass is 412 g/mol. The largest absolute Gasteiger partial charge is 0.371 e. The van der Waals surface area contributed by atoms with E-state index in [1.807, 2.05) is 18.0 Å². The number of nitrogens with zero attached hydrogens (tertiary/aromatic N) is 2. The standard InChI is InChI=1S/C13H18FIN2O2S/c1-16(13-8-10(14)7-11(15)9-13)12-3-5-17(6-4-12)20(2,18)19/h7-9,12H,3-6H2,1-2H3. The van der Waals surface area contributed by atoms with Crippen LogP contribution in [0.2, 0.25) is 0 Å². The third-order valence-electron chi connectivity index (χ3n) is 3.69. The number of piperidine rings is 1. The predicted octanol–water partition coefficient (Wildman–Crippen LogP) is 2.29. The highest BCUT2D eigenvalue weighted by Crippen LogP contribution is 2.25. The molecule has 0 saturated carbocycles. The van der Waals surface area contributed by atoms with E-state index in [4.69, 9.17) is 0 Å².